The number of ether oxygens (including phenoxy) is 2. The van der Waals surface area contributed by atoms with Crippen LogP contribution in [-0.4, -0.2) is 37.6 Å². The molecule has 4 fully saturated rings. The predicted octanol–water partition coefficient (Wildman–Crippen LogP) is 4.42. The Balaban J connectivity index is 1.62. The van der Waals surface area contributed by atoms with Crippen LogP contribution in [0.2, 0.25) is 0 Å². The van der Waals surface area contributed by atoms with E-state index in [2.05, 4.69) is 13.8 Å². The maximum absolute atomic E-state index is 10.2. The Hall–Kier alpha value is -0.120. The van der Waals surface area contributed by atoms with E-state index in [1.54, 1.807) is 0 Å². The normalized spacial score (nSPS) is 55.3. The Morgan fingerprint density at radius 1 is 0.920 bits per heavy atom. The Kier molecular flexibility index (Phi) is 4.53. The standard InChI is InChI=1S/C22H38O3/c1-20-10-7-16(23)13-15(20)5-6-17-18(20)8-11-21(2)19(17)9-12-22(21,25-4)14-24-3/h15-19,23H,5-14H2,1-4H3/t15?,16?,17-,18-,19+,20+,21+,22?/m1/s1. The second kappa shape index (κ2) is 6.21. The highest BCUT2D eigenvalue weighted by atomic mass is 16.5. The molecule has 0 aromatic rings. The van der Waals surface area contributed by atoms with Crippen molar-refractivity contribution >= 4 is 0 Å². The molecule has 4 saturated carbocycles. The summed E-state index contributed by atoms with van der Waals surface area (Å²) in [5, 5.41) is 10.2. The summed E-state index contributed by atoms with van der Waals surface area (Å²) in [7, 11) is 3.72. The van der Waals surface area contributed by atoms with Gasteiger partial charge in [-0.15, -0.1) is 0 Å². The van der Waals surface area contributed by atoms with Gasteiger partial charge in [0.05, 0.1) is 18.3 Å². The van der Waals surface area contributed by atoms with E-state index in [-0.39, 0.29) is 17.1 Å². The fourth-order valence-electron chi connectivity index (χ4n) is 8.19. The number of hydrogen-bond acceptors (Lipinski definition) is 3. The highest BCUT2D eigenvalue weighted by Gasteiger charge is 2.65. The highest BCUT2D eigenvalue weighted by molar-refractivity contribution is 5.14. The molecule has 3 unspecified atom stereocenters. The first-order chi connectivity index (χ1) is 11.9. The number of rotatable bonds is 3. The number of methoxy groups -OCH3 is 2. The molecule has 0 spiro atoms. The molecule has 0 saturated heterocycles. The van der Waals surface area contributed by atoms with Crippen molar-refractivity contribution in [1.82, 2.24) is 0 Å². The van der Waals surface area contributed by atoms with E-state index >= 15 is 0 Å². The Bertz CT molecular complexity index is 508. The molecular weight excluding hydrogens is 312 g/mol. The molecule has 0 aromatic carbocycles. The highest BCUT2D eigenvalue weighted by Crippen LogP contribution is 2.68. The monoisotopic (exact) mass is 350 g/mol. The minimum Gasteiger partial charge on any atom is -0.393 e. The van der Waals surface area contributed by atoms with Gasteiger partial charge in [-0.1, -0.05) is 13.8 Å². The fraction of sp³-hybridized carbons (Fsp3) is 1.00. The van der Waals surface area contributed by atoms with Gasteiger partial charge in [-0.2, -0.15) is 0 Å². The Labute approximate surface area is 153 Å². The molecule has 8 atom stereocenters. The summed E-state index contributed by atoms with van der Waals surface area (Å²) in [6.07, 6.45) is 11.0. The number of aliphatic hydroxyl groups excluding tert-OH is 1. The largest absolute Gasteiger partial charge is 0.393 e. The SMILES string of the molecule is COCC1(OC)CC[C@H]2[C@@H]3CCC4CC(O)CC[C@]4(C)[C@@H]3CC[C@@]21C. The van der Waals surface area contributed by atoms with Gasteiger partial charge in [0.2, 0.25) is 0 Å². The van der Waals surface area contributed by atoms with Crippen molar-refractivity contribution in [3.05, 3.63) is 0 Å². The molecule has 4 aliphatic carbocycles. The Morgan fingerprint density at radius 2 is 1.68 bits per heavy atom. The van der Waals surface area contributed by atoms with Crippen molar-refractivity contribution in [2.75, 3.05) is 20.8 Å². The average molecular weight is 351 g/mol. The second-order valence-electron chi connectivity index (χ2n) is 10.2. The summed E-state index contributed by atoms with van der Waals surface area (Å²) in [4.78, 5) is 0. The topological polar surface area (TPSA) is 38.7 Å². The van der Waals surface area contributed by atoms with Crippen LogP contribution in [0.15, 0.2) is 0 Å². The summed E-state index contributed by atoms with van der Waals surface area (Å²) >= 11 is 0. The fourth-order valence-corrected chi connectivity index (χ4v) is 8.19. The molecular formula is C22H38O3. The van der Waals surface area contributed by atoms with Crippen LogP contribution in [0.3, 0.4) is 0 Å². The second-order valence-corrected chi connectivity index (χ2v) is 10.2. The van der Waals surface area contributed by atoms with Crippen molar-refractivity contribution in [2.45, 2.75) is 83.3 Å². The zero-order valence-corrected chi connectivity index (χ0v) is 16.7. The lowest BCUT2D eigenvalue weighted by Gasteiger charge is -2.62. The summed E-state index contributed by atoms with van der Waals surface area (Å²) < 4.78 is 11.8. The van der Waals surface area contributed by atoms with Crippen LogP contribution in [0.25, 0.3) is 0 Å². The van der Waals surface area contributed by atoms with E-state index in [0.717, 1.165) is 49.5 Å². The van der Waals surface area contributed by atoms with E-state index in [0.29, 0.717) is 5.41 Å². The summed E-state index contributed by atoms with van der Waals surface area (Å²) in [5.74, 6) is 3.23. The first-order valence-electron chi connectivity index (χ1n) is 10.6. The van der Waals surface area contributed by atoms with Gasteiger partial charge in [0, 0.05) is 19.6 Å². The van der Waals surface area contributed by atoms with Gasteiger partial charge in [0.15, 0.2) is 0 Å². The number of aliphatic hydroxyl groups is 1. The first kappa shape index (κ1) is 18.3. The van der Waals surface area contributed by atoms with Crippen LogP contribution < -0.4 is 0 Å². The van der Waals surface area contributed by atoms with E-state index in [9.17, 15) is 5.11 Å². The molecule has 4 rings (SSSR count). The van der Waals surface area contributed by atoms with Crippen LogP contribution in [0.4, 0.5) is 0 Å². The van der Waals surface area contributed by atoms with Crippen molar-refractivity contribution in [3.8, 4) is 0 Å². The lowest BCUT2D eigenvalue weighted by atomic mass is 9.44. The molecule has 4 aliphatic rings. The van der Waals surface area contributed by atoms with E-state index in [1.165, 1.54) is 38.5 Å². The molecule has 0 radical (unpaired) electrons. The number of hydrogen-bond donors (Lipinski definition) is 1. The van der Waals surface area contributed by atoms with Crippen molar-refractivity contribution in [3.63, 3.8) is 0 Å². The first-order valence-corrected chi connectivity index (χ1v) is 10.6. The van der Waals surface area contributed by atoms with Crippen molar-refractivity contribution in [2.24, 2.45) is 34.5 Å². The van der Waals surface area contributed by atoms with E-state index in [1.807, 2.05) is 14.2 Å². The summed E-state index contributed by atoms with van der Waals surface area (Å²) in [6, 6.07) is 0. The number of fused-ring (bicyclic) bond motifs is 5. The molecule has 3 heteroatoms. The minimum atomic E-state index is -0.0854. The van der Waals surface area contributed by atoms with Crippen molar-refractivity contribution < 1.29 is 14.6 Å². The van der Waals surface area contributed by atoms with Gasteiger partial charge in [-0.05, 0) is 86.9 Å². The minimum absolute atomic E-state index is 0.0437. The lowest BCUT2D eigenvalue weighted by molar-refractivity contribution is -0.183. The third-order valence-electron chi connectivity index (χ3n) is 9.70. The molecule has 3 nitrogen and oxygen atoms in total. The molecule has 0 aliphatic heterocycles. The summed E-state index contributed by atoms with van der Waals surface area (Å²) in [5.41, 5.74) is 0.636. The molecule has 0 amide bonds. The van der Waals surface area contributed by atoms with Gasteiger partial charge < -0.3 is 14.6 Å². The van der Waals surface area contributed by atoms with Gasteiger partial charge in [0.25, 0.3) is 0 Å². The average Bonchev–Trinajstić information content (AvgIpc) is 2.89. The van der Waals surface area contributed by atoms with Crippen LogP contribution in [0, 0.1) is 34.5 Å². The lowest BCUT2D eigenvalue weighted by Crippen LogP contribution is -2.58. The Morgan fingerprint density at radius 3 is 2.40 bits per heavy atom. The smallest absolute Gasteiger partial charge is 0.0966 e. The molecule has 0 bridgehead atoms. The molecule has 144 valence electrons. The zero-order valence-electron chi connectivity index (χ0n) is 16.7. The van der Waals surface area contributed by atoms with Crippen molar-refractivity contribution in [1.29, 1.82) is 0 Å². The molecule has 0 heterocycles. The van der Waals surface area contributed by atoms with Gasteiger partial charge in [-0.25, -0.2) is 0 Å². The summed E-state index contributed by atoms with van der Waals surface area (Å²) in [6.45, 7) is 5.80. The molecule has 1 N–H and O–H groups in total. The van der Waals surface area contributed by atoms with Gasteiger partial charge >= 0.3 is 0 Å². The quantitative estimate of drug-likeness (QED) is 0.819. The molecule has 25 heavy (non-hydrogen) atoms. The van der Waals surface area contributed by atoms with Gasteiger partial charge in [-0.3, -0.25) is 0 Å². The van der Waals surface area contributed by atoms with Crippen LogP contribution in [-0.2, 0) is 9.47 Å². The predicted molar refractivity (Wildman–Crippen MR) is 99.3 cm³/mol. The zero-order chi connectivity index (χ0) is 17.9. The third-order valence-corrected chi connectivity index (χ3v) is 9.70. The molecule has 0 aromatic heterocycles. The van der Waals surface area contributed by atoms with E-state index in [4.69, 9.17) is 9.47 Å². The van der Waals surface area contributed by atoms with Crippen LogP contribution in [0.1, 0.15) is 71.6 Å². The van der Waals surface area contributed by atoms with Crippen LogP contribution >= 0.6 is 0 Å². The maximum atomic E-state index is 10.2. The van der Waals surface area contributed by atoms with E-state index < -0.39 is 0 Å². The van der Waals surface area contributed by atoms with Gasteiger partial charge in [0.1, 0.15) is 0 Å². The maximum Gasteiger partial charge on any atom is 0.0966 e. The third kappa shape index (κ3) is 2.41. The van der Waals surface area contributed by atoms with Crippen LogP contribution in [0.5, 0.6) is 0 Å².